The summed E-state index contributed by atoms with van der Waals surface area (Å²) in [5.41, 5.74) is 12.1. The van der Waals surface area contributed by atoms with Gasteiger partial charge in [-0.2, -0.15) is 13.2 Å². The Kier molecular flexibility index (Phi) is 3.72. The molecule has 0 aliphatic carbocycles. The van der Waals surface area contributed by atoms with Gasteiger partial charge in [-0.1, -0.05) is 18.2 Å². The van der Waals surface area contributed by atoms with Crippen molar-refractivity contribution in [3.8, 4) is 5.75 Å². The van der Waals surface area contributed by atoms with E-state index in [1.807, 2.05) is 0 Å². The zero-order valence-corrected chi connectivity index (χ0v) is 11.3. The molecule has 5 N–H and O–H groups in total. The number of nitrogen functional groups attached to an aromatic ring is 2. The molecular formula is C15H15F3N2O. The number of halogens is 3. The lowest BCUT2D eigenvalue weighted by Crippen LogP contribution is -2.22. The molecule has 2 aromatic carbocycles. The van der Waals surface area contributed by atoms with Crippen molar-refractivity contribution in [1.82, 2.24) is 0 Å². The second kappa shape index (κ2) is 5.20. The highest BCUT2D eigenvalue weighted by Gasteiger charge is 2.42. The van der Waals surface area contributed by atoms with E-state index in [1.165, 1.54) is 18.2 Å². The molecule has 1 unspecified atom stereocenters. The van der Waals surface area contributed by atoms with Gasteiger partial charge < -0.3 is 16.6 Å². The zero-order chi connectivity index (χ0) is 15.8. The summed E-state index contributed by atoms with van der Waals surface area (Å²) in [6, 6.07) is 7.75. The number of hydrogen-bond donors (Lipinski definition) is 3. The number of alkyl halides is 3. The molecule has 2 rings (SSSR count). The number of phenolic OH excluding ortho intramolecular Hbond substituents is 1. The quantitative estimate of drug-likeness (QED) is 0.586. The number of aryl methyl sites for hydroxylation is 1. The maximum atomic E-state index is 13.4. The molecule has 0 saturated heterocycles. The molecule has 2 aromatic rings. The van der Waals surface area contributed by atoms with E-state index in [-0.39, 0.29) is 22.6 Å². The van der Waals surface area contributed by atoms with Crippen LogP contribution in [0.3, 0.4) is 0 Å². The van der Waals surface area contributed by atoms with Crippen molar-refractivity contribution < 1.29 is 18.3 Å². The van der Waals surface area contributed by atoms with Gasteiger partial charge in [-0.25, -0.2) is 0 Å². The molecule has 0 heterocycles. The number of phenols is 1. The molecule has 112 valence electrons. The molecule has 6 heteroatoms. The Balaban J connectivity index is 2.58. The first-order valence-corrected chi connectivity index (χ1v) is 6.21. The van der Waals surface area contributed by atoms with Crippen molar-refractivity contribution >= 4 is 11.4 Å². The summed E-state index contributed by atoms with van der Waals surface area (Å²) < 4.78 is 40.2. The first-order valence-electron chi connectivity index (χ1n) is 6.21. The summed E-state index contributed by atoms with van der Waals surface area (Å²) in [4.78, 5) is 0. The predicted molar refractivity (Wildman–Crippen MR) is 76.0 cm³/mol. The Hall–Kier alpha value is -2.37. The van der Waals surface area contributed by atoms with Crippen LogP contribution in [0.2, 0.25) is 0 Å². The van der Waals surface area contributed by atoms with Gasteiger partial charge in [0, 0.05) is 5.69 Å². The van der Waals surface area contributed by atoms with Crippen molar-refractivity contribution in [2.45, 2.75) is 19.0 Å². The normalized spacial score (nSPS) is 13.1. The lowest BCUT2D eigenvalue weighted by Gasteiger charge is -2.22. The van der Waals surface area contributed by atoms with E-state index in [1.54, 1.807) is 13.0 Å². The Morgan fingerprint density at radius 3 is 1.95 bits per heavy atom. The van der Waals surface area contributed by atoms with Crippen LogP contribution in [0.15, 0.2) is 36.4 Å². The smallest absolute Gasteiger partial charge is 0.399 e. The summed E-state index contributed by atoms with van der Waals surface area (Å²) in [5.74, 6) is -2.09. The topological polar surface area (TPSA) is 72.3 Å². The summed E-state index contributed by atoms with van der Waals surface area (Å²) >= 11 is 0. The Labute approximate surface area is 120 Å². The van der Waals surface area contributed by atoms with Crippen LogP contribution < -0.4 is 11.5 Å². The minimum atomic E-state index is -4.49. The van der Waals surface area contributed by atoms with E-state index < -0.39 is 12.1 Å². The molecular weight excluding hydrogens is 281 g/mol. The minimum absolute atomic E-state index is 0.0377. The molecule has 0 amide bonds. The number of rotatable bonds is 2. The molecule has 0 saturated carbocycles. The third-order valence-corrected chi connectivity index (χ3v) is 3.35. The highest BCUT2D eigenvalue weighted by molar-refractivity contribution is 5.56. The van der Waals surface area contributed by atoms with Crippen molar-refractivity contribution in [1.29, 1.82) is 0 Å². The van der Waals surface area contributed by atoms with E-state index in [4.69, 9.17) is 11.5 Å². The highest BCUT2D eigenvalue weighted by atomic mass is 19.4. The number of nitrogens with two attached hydrogens (primary N) is 2. The van der Waals surface area contributed by atoms with Crippen LogP contribution in [0, 0.1) is 6.92 Å². The summed E-state index contributed by atoms with van der Waals surface area (Å²) in [6.45, 7) is 1.72. The molecule has 3 nitrogen and oxygen atoms in total. The van der Waals surface area contributed by atoms with Crippen molar-refractivity contribution in [3.05, 3.63) is 53.1 Å². The SMILES string of the molecule is Cc1ccc(C(c2ccc(O)c(N)c2)C(F)(F)F)cc1N. The van der Waals surface area contributed by atoms with Crippen molar-refractivity contribution in [2.24, 2.45) is 0 Å². The molecule has 0 aromatic heterocycles. The minimum Gasteiger partial charge on any atom is -0.506 e. The van der Waals surface area contributed by atoms with E-state index in [0.717, 1.165) is 12.1 Å². The fourth-order valence-corrected chi connectivity index (χ4v) is 2.16. The molecule has 21 heavy (non-hydrogen) atoms. The summed E-state index contributed by atoms with van der Waals surface area (Å²) in [6.07, 6.45) is -4.49. The van der Waals surface area contributed by atoms with Gasteiger partial charge in [-0.15, -0.1) is 0 Å². The number of hydrogen-bond acceptors (Lipinski definition) is 3. The summed E-state index contributed by atoms with van der Waals surface area (Å²) in [5, 5.41) is 9.35. The van der Waals surface area contributed by atoms with Crippen LogP contribution in [0.4, 0.5) is 24.5 Å². The first-order chi connectivity index (χ1) is 9.70. The highest BCUT2D eigenvalue weighted by Crippen LogP contribution is 2.42. The molecule has 0 fully saturated rings. The first kappa shape index (κ1) is 15.0. The van der Waals surface area contributed by atoms with Crippen LogP contribution in [0.25, 0.3) is 0 Å². The van der Waals surface area contributed by atoms with Gasteiger partial charge in [0.05, 0.1) is 5.69 Å². The second-order valence-electron chi connectivity index (χ2n) is 4.91. The Morgan fingerprint density at radius 2 is 1.48 bits per heavy atom. The van der Waals surface area contributed by atoms with E-state index >= 15 is 0 Å². The van der Waals surface area contributed by atoms with Gasteiger partial charge in [-0.3, -0.25) is 0 Å². The lowest BCUT2D eigenvalue weighted by molar-refractivity contribution is -0.141. The Morgan fingerprint density at radius 1 is 0.952 bits per heavy atom. The fraction of sp³-hybridized carbons (Fsp3) is 0.200. The van der Waals surface area contributed by atoms with Crippen LogP contribution in [-0.2, 0) is 0 Å². The number of benzene rings is 2. The largest absolute Gasteiger partial charge is 0.506 e. The molecule has 0 bridgehead atoms. The Bertz CT molecular complexity index is 617. The lowest BCUT2D eigenvalue weighted by atomic mass is 9.89. The van der Waals surface area contributed by atoms with Gasteiger partial charge in [0.25, 0.3) is 0 Å². The third-order valence-electron chi connectivity index (χ3n) is 3.35. The van der Waals surface area contributed by atoms with Gasteiger partial charge in [0.1, 0.15) is 11.7 Å². The molecule has 0 spiro atoms. The molecule has 0 aliphatic rings. The second-order valence-corrected chi connectivity index (χ2v) is 4.91. The van der Waals surface area contributed by atoms with Crippen LogP contribution in [-0.4, -0.2) is 11.3 Å². The van der Waals surface area contributed by atoms with Crippen molar-refractivity contribution in [2.75, 3.05) is 11.5 Å². The van der Waals surface area contributed by atoms with Crippen LogP contribution in [0.5, 0.6) is 5.75 Å². The average molecular weight is 296 g/mol. The number of anilines is 2. The predicted octanol–water partition coefficient (Wildman–Crippen LogP) is 3.56. The van der Waals surface area contributed by atoms with Gasteiger partial charge in [0.2, 0.25) is 0 Å². The standard InChI is InChI=1S/C15H15F3N2O/c1-8-2-3-9(6-11(8)19)14(15(16,17)18)10-4-5-13(21)12(20)7-10/h2-7,14,21H,19-20H2,1H3. The van der Waals surface area contributed by atoms with Gasteiger partial charge in [-0.05, 0) is 41.8 Å². The van der Waals surface area contributed by atoms with Crippen LogP contribution >= 0.6 is 0 Å². The van der Waals surface area contributed by atoms with Gasteiger partial charge in [0.15, 0.2) is 0 Å². The van der Waals surface area contributed by atoms with E-state index in [0.29, 0.717) is 11.3 Å². The van der Waals surface area contributed by atoms with E-state index in [2.05, 4.69) is 0 Å². The third kappa shape index (κ3) is 3.04. The monoisotopic (exact) mass is 296 g/mol. The zero-order valence-electron chi connectivity index (χ0n) is 11.3. The van der Waals surface area contributed by atoms with E-state index in [9.17, 15) is 18.3 Å². The maximum Gasteiger partial charge on any atom is 0.399 e. The fourth-order valence-electron chi connectivity index (χ4n) is 2.16. The maximum absolute atomic E-state index is 13.4. The van der Waals surface area contributed by atoms with Crippen LogP contribution in [0.1, 0.15) is 22.6 Å². The summed E-state index contributed by atoms with van der Waals surface area (Å²) in [7, 11) is 0. The number of aromatic hydroxyl groups is 1. The molecule has 0 radical (unpaired) electrons. The average Bonchev–Trinajstić information content (AvgIpc) is 2.37. The van der Waals surface area contributed by atoms with Crippen molar-refractivity contribution in [3.63, 3.8) is 0 Å². The molecule has 1 atom stereocenters. The van der Waals surface area contributed by atoms with Gasteiger partial charge >= 0.3 is 6.18 Å². The molecule has 0 aliphatic heterocycles.